The molecule has 2 heterocycles. The average Bonchev–Trinajstić information content (AvgIpc) is 2.81. The van der Waals surface area contributed by atoms with Gasteiger partial charge in [0.2, 0.25) is 0 Å². The van der Waals surface area contributed by atoms with Crippen LogP contribution >= 0.6 is 7.60 Å². The van der Waals surface area contributed by atoms with Crippen molar-refractivity contribution in [3.63, 3.8) is 0 Å². The molecular formula is C15H25N2O7P. The van der Waals surface area contributed by atoms with Gasteiger partial charge < -0.3 is 19.3 Å². The molecule has 0 bridgehead atoms. The van der Waals surface area contributed by atoms with Crippen molar-refractivity contribution >= 4 is 7.60 Å². The van der Waals surface area contributed by atoms with Gasteiger partial charge >= 0.3 is 13.3 Å². The van der Waals surface area contributed by atoms with E-state index in [0.29, 0.717) is 6.42 Å². The third kappa shape index (κ3) is 5.12. The third-order valence-electron chi connectivity index (χ3n) is 4.20. The van der Waals surface area contributed by atoms with Gasteiger partial charge in [0.1, 0.15) is 6.23 Å². The molecule has 1 aromatic rings. The Labute approximate surface area is 145 Å². The fourth-order valence-electron chi connectivity index (χ4n) is 3.16. The number of hydrogen-bond acceptors (Lipinski definition) is 5. The highest BCUT2D eigenvalue weighted by molar-refractivity contribution is 7.51. The molecule has 9 nitrogen and oxygen atoms in total. The topological polar surface area (TPSA) is 131 Å². The first kappa shape index (κ1) is 20.1. The van der Waals surface area contributed by atoms with Gasteiger partial charge in [-0.25, -0.2) is 4.79 Å². The fraction of sp³-hybridized carbons (Fsp3) is 0.733. The molecule has 0 saturated carbocycles. The average molecular weight is 376 g/mol. The summed E-state index contributed by atoms with van der Waals surface area (Å²) in [5.41, 5.74) is -1.09. The predicted octanol–water partition coefficient (Wildman–Crippen LogP) is 0.822. The van der Waals surface area contributed by atoms with Crippen LogP contribution in [0.3, 0.4) is 0 Å². The maximum Gasteiger partial charge on any atom is 0.330 e. The van der Waals surface area contributed by atoms with Crippen LogP contribution in [0.2, 0.25) is 0 Å². The van der Waals surface area contributed by atoms with Crippen molar-refractivity contribution in [2.45, 2.75) is 58.2 Å². The fourth-order valence-corrected chi connectivity index (χ4v) is 3.75. The quantitative estimate of drug-likeness (QED) is 0.601. The molecule has 2 rings (SSSR count). The molecule has 4 atom stereocenters. The van der Waals surface area contributed by atoms with Crippen molar-refractivity contribution in [1.82, 2.24) is 9.55 Å². The minimum atomic E-state index is -4.17. The van der Waals surface area contributed by atoms with Crippen LogP contribution in [0.1, 0.15) is 39.8 Å². The minimum absolute atomic E-state index is 0.105. The van der Waals surface area contributed by atoms with Crippen LogP contribution in [0, 0.1) is 5.92 Å². The second-order valence-electron chi connectivity index (χ2n) is 6.48. The van der Waals surface area contributed by atoms with Crippen LogP contribution in [0.4, 0.5) is 0 Å². The van der Waals surface area contributed by atoms with Gasteiger partial charge in [-0.3, -0.25) is 18.9 Å². The van der Waals surface area contributed by atoms with E-state index in [1.807, 2.05) is 20.8 Å². The highest BCUT2D eigenvalue weighted by Gasteiger charge is 2.46. The van der Waals surface area contributed by atoms with Crippen LogP contribution in [-0.4, -0.2) is 43.8 Å². The highest BCUT2D eigenvalue weighted by Crippen LogP contribution is 2.43. The standard InChI is InChI=1S/C15H25N2O7P/c1-4-10-13(23-9(2)3)11(6-8-25(20,21)22)24-14(10)17-7-5-12(18)16-15(17)19/h5,7,9-11,13-14H,4,6,8H2,1-3H3,(H,16,18,19)(H2,20,21,22)/t10?,11-,13-,14-/m1/s1. The molecule has 0 aliphatic carbocycles. The highest BCUT2D eigenvalue weighted by atomic mass is 31.2. The van der Waals surface area contributed by atoms with E-state index in [9.17, 15) is 14.2 Å². The van der Waals surface area contributed by atoms with E-state index in [-0.39, 0.29) is 24.6 Å². The van der Waals surface area contributed by atoms with Gasteiger partial charge in [-0.1, -0.05) is 6.92 Å². The Balaban J connectivity index is 2.32. The number of H-pyrrole nitrogens is 1. The molecule has 1 aliphatic heterocycles. The SMILES string of the molecule is CCC1[C@@H](OC(C)C)[C@@H](CCP(=O)(O)O)O[C@H]1n1ccc(=O)[nH]c1=O. The maximum absolute atomic E-state index is 12.1. The smallest absolute Gasteiger partial charge is 0.330 e. The summed E-state index contributed by atoms with van der Waals surface area (Å²) in [5, 5.41) is 0. The molecule has 1 aromatic heterocycles. The summed E-state index contributed by atoms with van der Waals surface area (Å²) in [6, 6.07) is 1.23. The lowest BCUT2D eigenvalue weighted by molar-refractivity contribution is -0.0577. The lowest BCUT2D eigenvalue weighted by atomic mass is 9.95. The Hall–Kier alpha value is -1.25. The van der Waals surface area contributed by atoms with E-state index in [1.165, 1.54) is 16.8 Å². The van der Waals surface area contributed by atoms with Crippen molar-refractivity contribution in [1.29, 1.82) is 0 Å². The number of aromatic amines is 1. The van der Waals surface area contributed by atoms with Gasteiger partial charge in [0.05, 0.1) is 24.5 Å². The normalized spacial score (nSPS) is 27.1. The molecule has 0 radical (unpaired) electrons. The molecule has 3 N–H and O–H groups in total. The summed E-state index contributed by atoms with van der Waals surface area (Å²) in [4.78, 5) is 43.9. The van der Waals surface area contributed by atoms with Crippen LogP contribution in [0.5, 0.6) is 0 Å². The summed E-state index contributed by atoms with van der Waals surface area (Å²) >= 11 is 0. The van der Waals surface area contributed by atoms with Crippen molar-refractivity contribution < 1.29 is 23.8 Å². The lowest BCUT2D eigenvalue weighted by Crippen LogP contribution is -2.36. The van der Waals surface area contributed by atoms with E-state index >= 15 is 0 Å². The van der Waals surface area contributed by atoms with Crippen molar-refractivity contribution in [3.8, 4) is 0 Å². The zero-order valence-corrected chi connectivity index (χ0v) is 15.4. The van der Waals surface area contributed by atoms with E-state index < -0.39 is 37.3 Å². The number of nitrogens with one attached hydrogen (secondary N) is 1. The molecule has 0 aromatic carbocycles. The largest absolute Gasteiger partial charge is 0.372 e. The van der Waals surface area contributed by atoms with E-state index in [0.717, 1.165) is 0 Å². The monoisotopic (exact) mass is 376 g/mol. The Morgan fingerprint density at radius 2 is 2.08 bits per heavy atom. The first-order chi connectivity index (χ1) is 11.6. The van der Waals surface area contributed by atoms with Crippen molar-refractivity contribution in [2.75, 3.05) is 6.16 Å². The molecule has 1 saturated heterocycles. The number of rotatable bonds is 7. The molecule has 1 fully saturated rings. The third-order valence-corrected chi connectivity index (χ3v) is 5.04. The molecule has 25 heavy (non-hydrogen) atoms. The van der Waals surface area contributed by atoms with E-state index in [4.69, 9.17) is 19.3 Å². The molecule has 1 aliphatic rings. The van der Waals surface area contributed by atoms with Gasteiger partial charge in [-0.2, -0.15) is 0 Å². The predicted molar refractivity (Wildman–Crippen MR) is 90.6 cm³/mol. The van der Waals surface area contributed by atoms with E-state index in [1.54, 1.807) is 0 Å². The van der Waals surface area contributed by atoms with E-state index in [2.05, 4.69) is 4.98 Å². The van der Waals surface area contributed by atoms with Crippen LogP contribution in [0.15, 0.2) is 21.9 Å². The second-order valence-corrected chi connectivity index (χ2v) is 8.26. The Morgan fingerprint density at radius 1 is 1.40 bits per heavy atom. The number of hydrogen-bond donors (Lipinski definition) is 3. The van der Waals surface area contributed by atoms with Crippen LogP contribution < -0.4 is 11.2 Å². The van der Waals surface area contributed by atoms with Gasteiger partial charge in [0.15, 0.2) is 0 Å². The summed E-state index contributed by atoms with van der Waals surface area (Å²) in [5.74, 6) is -0.187. The van der Waals surface area contributed by atoms with Crippen molar-refractivity contribution in [2.24, 2.45) is 5.92 Å². The Bertz CT molecular complexity index is 738. The van der Waals surface area contributed by atoms with Crippen molar-refractivity contribution in [3.05, 3.63) is 33.1 Å². The van der Waals surface area contributed by atoms with Gasteiger partial charge in [-0.05, 0) is 26.7 Å². The molecule has 0 amide bonds. The summed E-state index contributed by atoms with van der Waals surface area (Å²) in [6.45, 7) is 5.66. The number of nitrogens with zero attached hydrogens (tertiary/aromatic N) is 1. The number of aromatic nitrogens is 2. The summed E-state index contributed by atoms with van der Waals surface area (Å²) in [6.07, 6.45) is 0.0774. The molecule has 1 unspecified atom stereocenters. The van der Waals surface area contributed by atoms with Gasteiger partial charge in [0.25, 0.3) is 5.56 Å². The Kier molecular flexibility index (Phi) is 6.40. The molecule has 0 spiro atoms. The minimum Gasteiger partial charge on any atom is -0.372 e. The first-order valence-electron chi connectivity index (χ1n) is 8.29. The maximum atomic E-state index is 12.1. The van der Waals surface area contributed by atoms with Gasteiger partial charge in [-0.15, -0.1) is 0 Å². The summed E-state index contributed by atoms with van der Waals surface area (Å²) < 4.78 is 24.4. The zero-order valence-electron chi connectivity index (χ0n) is 14.5. The van der Waals surface area contributed by atoms with Crippen LogP contribution in [0.25, 0.3) is 0 Å². The lowest BCUT2D eigenvalue weighted by Gasteiger charge is -2.25. The Morgan fingerprint density at radius 3 is 2.60 bits per heavy atom. The van der Waals surface area contributed by atoms with Gasteiger partial charge in [0, 0.05) is 18.2 Å². The molecule has 142 valence electrons. The molecule has 10 heteroatoms. The first-order valence-corrected chi connectivity index (χ1v) is 10.1. The second kappa shape index (κ2) is 7.97. The number of ether oxygens (including phenoxy) is 2. The summed E-state index contributed by atoms with van der Waals surface area (Å²) in [7, 11) is -4.17. The van der Waals surface area contributed by atoms with Crippen LogP contribution in [-0.2, 0) is 14.0 Å². The molecular weight excluding hydrogens is 351 g/mol. The zero-order chi connectivity index (χ0) is 18.8.